The number of carbonyl (C=O) groups is 1. The fourth-order valence-electron chi connectivity index (χ4n) is 1.60. The van der Waals surface area contributed by atoms with Crippen LogP contribution in [0.15, 0.2) is 24.3 Å². The molecule has 0 spiro atoms. The van der Waals surface area contributed by atoms with Gasteiger partial charge in [0.15, 0.2) is 18.1 Å². The Kier molecular flexibility index (Phi) is 7.50. The van der Waals surface area contributed by atoms with Crippen molar-refractivity contribution in [3.8, 4) is 11.5 Å². The number of ether oxygens (including phenoxy) is 2. The summed E-state index contributed by atoms with van der Waals surface area (Å²) in [7, 11) is 1.75. The molecule has 1 rings (SSSR count). The molecule has 0 aliphatic carbocycles. The highest BCUT2D eigenvalue weighted by Crippen LogP contribution is 2.26. The lowest BCUT2D eigenvalue weighted by atomic mass is 10.3. The van der Waals surface area contributed by atoms with Crippen molar-refractivity contribution in [1.29, 1.82) is 0 Å². The molecule has 1 amide bonds. The summed E-state index contributed by atoms with van der Waals surface area (Å²) in [6.07, 6.45) is 1.72. The van der Waals surface area contributed by atoms with Gasteiger partial charge in [-0.25, -0.2) is 0 Å². The third-order valence-corrected chi connectivity index (χ3v) is 2.79. The van der Waals surface area contributed by atoms with Crippen molar-refractivity contribution in [3.63, 3.8) is 0 Å². The summed E-state index contributed by atoms with van der Waals surface area (Å²) in [4.78, 5) is 13.5. The third-order valence-electron chi connectivity index (χ3n) is 2.79. The van der Waals surface area contributed by atoms with Crippen LogP contribution in [-0.2, 0) is 4.79 Å². The Morgan fingerprint density at radius 2 is 1.90 bits per heavy atom. The van der Waals surface area contributed by atoms with Gasteiger partial charge in [-0.3, -0.25) is 4.79 Å². The average molecular weight is 280 g/mol. The molecule has 0 saturated heterocycles. The molecule has 0 aliphatic heterocycles. The molecule has 2 N–H and O–H groups in total. The Morgan fingerprint density at radius 1 is 1.25 bits per heavy atom. The first kappa shape index (κ1) is 16.3. The van der Waals surface area contributed by atoms with E-state index in [1.54, 1.807) is 18.0 Å². The topological polar surface area (TPSA) is 64.8 Å². The van der Waals surface area contributed by atoms with Crippen LogP contribution < -0.4 is 15.2 Å². The summed E-state index contributed by atoms with van der Waals surface area (Å²) in [5.74, 6) is 1.21. The number of nitrogens with zero attached hydrogens (tertiary/aromatic N) is 1. The second kappa shape index (κ2) is 9.20. The molecule has 0 saturated carbocycles. The lowest BCUT2D eigenvalue weighted by Gasteiger charge is -2.17. The van der Waals surface area contributed by atoms with E-state index in [9.17, 15) is 4.79 Å². The molecule has 0 unspecified atom stereocenters. The maximum atomic E-state index is 11.9. The van der Waals surface area contributed by atoms with E-state index in [0.29, 0.717) is 31.2 Å². The number of rotatable bonds is 9. The normalized spacial score (nSPS) is 10.2. The third kappa shape index (κ3) is 5.48. The zero-order valence-corrected chi connectivity index (χ0v) is 12.3. The van der Waals surface area contributed by atoms with Crippen LogP contribution in [0.25, 0.3) is 0 Å². The minimum absolute atomic E-state index is 0.00751. The first-order valence-electron chi connectivity index (χ1n) is 6.97. The monoisotopic (exact) mass is 280 g/mol. The quantitative estimate of drug-likeness (QED) is 0.747. The molecule has 0 atom stereocenters. The molecule has 0 fully saturated rings. The molecule has 0 aromatic heterocycles. The number of hydrogen-bond donors (Lipinski definition) is 1. The van der Waals surface area contributed by atoms with Gasteiger partial charge in [0.05, 0.1) is 6.61 Å². The van der Waals surface area contributed by atoms with E-state index in [1.165, 1.54) is 0 Å². The Balaban J connectivity index is 2.50. The fraction of sp³-hybridized carbons (Fsp3) is 0.533. The number of likely N-dealkylation sites (N-methyl/N-ethyl adjacent to an activating group) is 1. The predicted molar refractivity (Wildman–Crippen MR) is 79.0 cm³/mol. The molecule has 0 heterocycles. The van der Waals surface area contributed by atoms with Crippen molar-refractivity contribution in [2.24, 2.45) is 5.73 Å². The molecule has 5 nitrogen and oxygen atoms in total. The molecular weight excluding hydrogens is 256 g/mol. The van der Waals surface area contributed by atoms with E-state index in [1.807, 2.05) is 25.1 Å². The second-order valence-electron chi connectivity index (χ2n) is 4.54. The van der Waals surface area contributed by atoms with Crippen LogP contribution in [0, 0.1) is 0 Å². The van der Waals surface area contributed by atoms with E-state index in [-0.39, 0.29) is 12.5 Å². The molecule has 0 aliphatic rings. The Morgan fingerprint density at radius 3 is 2.50 bits per heavy atom. The van der Waals surface area contributed by atoms with Crippen LogP contribution >= 0.6 is 0 Å². The van der Waals surface area contributed by atoms with Gasteiger partial charge in [-0.15, -0.1) is 0 Å². The Bertz CT molecular complexity index is 410. The van der Waals surface area contributed by atoms with Gasteiger partial charge in [-0.05, 0) is 31.5 Å². The summed E-state index contributed by atoms with van der Waals surface area (Å²) in [5.41, 5.74) is 5.42. The first-order valence-corrected chi connectivity index (χ1v) is 6.97. The summed E-state index contributed by atoms with van der Waals surface area (Å²) < 4.78 is 11.1. The van der Waals surface area contributed by atoms with Crippen LogP contribution in [0.1, 0.15) is 19.8 Å². The summed E-state index contributed by atoms with van der Waals surface area (Å²) in [6, 6.07) is 7.38. The van der Waals surface area contributed by atoms with E-state index >= 15 is 0 Å². The fourth-order valence-corrected chi connectivity index (χ4v) is 1.60. The van der Waals surface area contributed by atoms with Crippen LogP contribution in [-0.4, -0.2) is 44.2 Å². The van der Waals surface area contributed by atoms with Crippen molar-refractivity contribution in [1.82, 2.24) is 4.90 Å². The lowest BCUT2D eigenvalue weighted by molar-refractivity contribution is -0.132. The summed E-state index contributed by atoms with van der Waals surface area (Å²) in [6.45, 7) is 3.90. The van der Waals surface area contributed by atoms with Crippen molar-refractivity contribution in [2.75, 3.05) is 33.4 Å². The number of hydrogen-bond acceptors (Lipinski definition) is 4. The highest BCUT2D eigenvalue weighted by atomic mass is 16.5. The molecule has 0 radical (unpaired) electrons. The van der Waals surface area contributed by atoms with Gasteiger partial charge >= 0.3 is 0 Å². The highest BCUT2D eigenvalue weighted by Gasteiger charge is 2.11. The highest BCUT2D eigenvalue weighted by molar-refractivity contribution is 5.77. The second-order valence-corrected chi connectivity index (χ2v) is 4.54. The van der Waals surface area contributed by atoms with Crippen LogP contribution in [0.4, 0.5) is 0 Å². The average Bonchev–Trinajstić information content (AvgIpc) is 2.48. The van der Waals surface area contributed by atoms with Gasteiger partial charge in [-0.1, -0.05) is 19.1 Å². The zero-order chi connectivity index (χ0) is 14.8. The van der Waals surface area contributed by atoms with E-state index in [0.717, 1.165) is 12.8 Å². The van der Waals surface area contributed by atoms with Crippen molar-refractivity contribution >= 4 is 5.91 Å². The molecular formula is C15H24N2O3. The molecule has 1 aromatic rings. The molecule has 1 aromatic carbocycles. The van der Waals surface area contributed by atoms with Crippen LogP contribution in [0.3, 0.4) is 0 Å². The Labute approximate surface area is 120 Å². The van der Waals surface area contributed by atoms with Gasteiger partial charge in [-0.2, -0.15) is 0 Å². The number of nitrogens with two attached hydrogens (primary N) is 1. The van der Waals surface area contributed by atoms with Crippen LogP contribution in [0.2, 0.25) is 0 Å². The van der Waals surface area contributed by atoms with Gasteiger partial charge in [0.25, 0.3) is 5.91 Å². The van der Waals surface area contributed by atoms with Gasteiger partial charge in [0.2, 0.25) is 0 Å². The van der Waals surface area contributed by atoms with Crippen molar-refractivity contribution < 1.29 is 14.3 Å². The number of carbonyl (C=O) groups excluding carboxylic acids is 1. The lowest BCUT2D eigenvalue weighted by Crippen LogP contribution is -2.33. The first-order chi connectivity index (χ1) is 9.69. The van der Waals surface area contributed by atoms with Crippen LogP contribution in [0.5, 0.6) is 11.5 Å². The molecule has 0 bridgehead atoms. The summed E-state index contributed by atoms with van der Waals surface area (Å²) in [5, 5.41) is 0. The Hall–Kier alpha value is -1.75. The number of benzene rings is 1. The standard InChI is InChI=1S/C15H24N2O3/c1-3-11-19-13-7-4-5-8-14(13)20-12-15(18)17(2)10-6-9-16/h4-5,7-8H,3,6,9-12,16H2,1-2H3. The smallest absolute Gasteiger partial charge is 0.260 e. The number of para-hydroxylation sites is 2. The van der Waals surface area contributed by atoms with Gasteiger partial charge < -0.3 is 20.1 Å². The zero-order valence-electron chi connectivity index (χ0n) is 12.3. The predicted octanol–water partition coefficient (Wildman–Crippen LogP) is 1.66. The SMILES string of the molecule is CCCOc1ccccc1OCC(=O)N(C)CCCN. The molecule has 5 heteroatoms. The molecule has 112 valence electrons. The van der Waals surface area contributed by atoms with E-state index in [2.05, 4.69) is 0 Å². The van der Waals surface area contributed by atoms with E-state index < -0.39 is 0 Å². The van der Waals surface area contributed by atoms with Crippen molar-refractivity contribution in [2.45, 2.75) is 19.8 Å². The van der Waals surface area contributed by atoms with Crippen molar-refractivity contribution in [3.05, 3.63) is 24.3 Å². The van der Waals surface area contributed by atoms with Gasteiger partial charge in [0, 0.05) is 13.6 Å². The summed E-state index contributed by atoms with van der Waals surface area (Å²) >= 11 is 0. The number of amides is 1. The minimum atomic E-state index is -0.0660. The van der Waals surface area contributed by atoms with Gasteiger partial charge in [0.1, 0.15) is 0 Å². The minimum Gasteiger partial charge on any atom is -0.490 e. The van der Waals surface area contributed by atoms with E-state index in [4.69, 9.17) is 15.2 Å². The maximum Gasteiger partial charge on any atom is 0.260 e. The maximum absolute atomic E-state index is 11.9. The largest absolute Gasteiger partial charge is 0.490 e. The molecule has 20 heavy (non-hydrogen) atoms.